The molecule has 8 nitrogen and oxygen atoms in total. The first kappa shape index (κ1) is 38.8. The zero-order valence-corrected chi connectivity index (χ0v) is 36.1. The Morgan fingerprint density at radius 1 is 0.406 bits per heavy atom. The maximum Gasteiger partial charge on any atom is 0.137 e. The highest BCUT2D eigenvalue weighted by molar-refractivity contribution is 6.10. The molecule has 0 N–H and O–H groups in total. The minimum Gasteiger partial charge on any atom is -0.457 e. The summed E-state index contributed by atoms with van der Waals surface area (Å²) < 4.78 is 17.7. The Morgan fingerprint density at radius 2 is 0.812 bits per heavy atom. The van der Waals surface area contributed by atoms with Gasteiger partial charge in [-0.25, -0.2) is 9.97 Å². The summed E-state index contributed by atoms with van der Waals surface area (Å²) in [5.41, 5.74) is 12.4. The molecule has 0 spiro atoms. The van der Waals surface area contributed by atoms with Crippen molar-refractivity contribution in [1.82, 2.24) is 29.1 Å². The minimum absolute atomic E-state index is 0.723. The van der Waals surface area contributed by atoms with E-state index in [1.165, 1.54) is 10.8 Å². The first-order valence-corrected chi connectivity index (χ1v) is 21.8. The van der Waals surface area contributed by atoms with Crippen LogP contribution < -0.4 is 9.47 Å². The van der Waals surface area contributed by atoms with Gasteiger partial charge in [-0.05, 0) is 134 Å². The lowest BCUT2D eigenvalue weighted by Gasteiger charge is -2.14. The number of fused-ring (bicyclic) bond motifs is 6. The Kier molecular flexibility index (Phi) is 9.69. The smallest absolute Gasteiger partial charge is 0.137 e. The molecule has 0 saturated heterocycles. The average Bonchev–Trinajstić information content (AvgIpc) is 3.83. The third-order valence-corrected chi connectivity index (χ3v) is 12.2. The zero-order chi connectivity index (χ0) is 43.3. The molecule has 0 saturated carbocycles. The summed E-state index contributed by atoms with van der Waals surface area (Å²) in [6.45, 7) is 8.49. The van der Waals surface area contributed by atoms with Crippen LogP contribution in [0.4, 0.5) is 0 Å². The first-order chi connectivity index (χ1) is 31.4. The van der Waals surface area contributed by atoms with Crippen LogP contribution in [0.3, 0.4) is 0 Å². The van der Waals surface area contributed by atoms with Crippen LogP contribution in [-0.4, -0.2) is 29.1 Å². The van der Waals surface area contributed by atoms with Crippen LogP contribution in [0.25, 0.3) is 77.8 Å². The summed E-state index contributed by atoms with van der Waals surface area (Å²) in [6, 6.07) is 50.2. The molecular weight excluding hydrogens is 789 g/mol. The van der Waals surface area contributed by atoms with Gasteiger partial charge in [0.1, 0.15) is 34.6 Å². The number of aryl methyl sites for hydroxylation is 4. The topological polar surface area (TPSA) is 79.9 Å². The van der Waals surface area contributed by atoms with Crippen molar-refractivity contribution < 1.29 is 9.47 Å². The fourth-order valence-electron chi connectivity index (χ4n) is 9.02. The lowest BCUT2D eigenvalue weighted by atomic mass is 10.0. The second-order valence-corrected chi connectivity index (χ2v) is 16.3. The number of rotatable bonds is 10. The summed E-state index contributed by atoms with van der Waals surface area (Å²) in [5.74, 6) is 4.67. The van der Waals surface area contributed by atoms with E-state index in [-0.39, 0.29) is 0 Å². The molecule has 5 heterocycles. The molecule has 0 fully saturated rings. The third kappa shape index (κ3) is 6.90. The predicted molar refractivity (Wildman–Crippen MR) is 258 cm³/mol. The maximum absolute atomic E-state index is 6.62. The van der Waals surface area contributed by atoms with E-state index in [2.05, 4.69) is 146 Å². The molecule has 0 aliphatic carbocycles. The van der Waals surface area contributed by atoms with Crippen molar-refractivity contribution in [3.8, 4) is 57.1 Å². The summed E-state index contributed by atoms with van der Waals surface area (Å²) in [5, 5.41) is 4.63. The van der Waals surface area contributed by atoms with Crippen molar-refractivity contribution in [2.75, 3.05) is 0 Å². The van der Waals surface area contributed by atoms with Crippen molar-refractivity contribution in [3.63, 3.8) is 0 Å². The van der Waals surface area contributed by atoms with Crippen molar-refractivity contribution >= 4 is 43.6 Å². The summed E-state index contributed by atoms with van der Waals surface area (Å²) in [6.07, 6.45) is 9.13. The lowest BCUT2D eigenvalue weighted by molar-refractivity contribution is 0.483. The molecule has 310 valence electrons. The lowest BCUT2D eigenvalue weighted by Crippen LogP contribution is -1.98. The predicted octanol–water partition coefficient (Wildman–Crippen LogP) is 14.1. The molecule has 0 amide bonds. The van der Waals surface area contributed by atoms with Gasteiger partial charge in [0.25, 0.3) is 0 Å². The van der Waals surface area contributed by atoms with Crippen LogP contribution >= 0.6 is 0 Å². The first-order valence-electron chi connectivity index (χ1n) is 21.8. The standard InChI is InChI=1S/C56H44N6O2/c1-5-37-15-17-39(63-41-19-21-45-43-11-7-9-13-51(43)61(53(45)31-41)55-27-35(3)23-25-57-55)29-47(37)49-33-60-50(34-59-49)48-30-40(18-16-38(48)6-2)64-42-20-22-46-44-12-8-10-14-52(44)62(54(46)32-42)56-28-36(4)24-26-58-56/h7-34H,5-6H2,1-4H3. The van der Waals surface area contributed by atoms with Crippen molar-refractivity contribution in [2.24, 2.45) is 0 Å². The molecule has 0 bridgehead atoms. The number of ether oxygens (including phenoxy) is 2. The van der Waals surface area contributed by atoms with Crippen molar-refractivity contribution in [1.29, 1.82) is 0 Å². The summed E-state index contributed by atoms with van der Waals surface area (Å²) >= 11 is 0. The fraction of sp³-hybridized carbons (Fsp3) is 0.107. The van der Waals surface area contributed by atoms with Gasteiger partial charge in [-0.15, -0.1) is 0 Å². The molecular formula is C56H44N6O2. The Bertz CT molecular complexity index is 3330. The molecule has 11 rings (SSSR count). The van der Waals surface area contributed by atoms with Crippen LogP contribution in [0.2, 0.25) is 0 Å². The number of hydrogen-bond donors (Lipinski definition) is 0. The number of nitrogens with zero attached hydrogens (tertiary/aromatic N) is 6. The van der Waals surface area contributed by atoms with E-state index >= 15 is 0 Å². The molecule has 0 atom stereocenters. The molecule has 64 heavy (non-hydrogen) atoms. The van der Waals surface area contributed by atoms with E-state index in [0.29, 0.717) is 0 Å². The molecule has 0 unspecified atom stereocenters. The van der Waals surface area contributed by atoms with E-state index in [1.54, 1.807) is 0 Å². The number of pyridine rings is 2. The number of aromatic nitrogens is 6. The van der Waals surface area contributed by atoms with Gasteiger partial charge in [0.2, 0.25) is 0 Å². The fourth-order valence-corrected chi connectivity index (χ4v) is 9.02. The number of para-hydroxylation sites is 2. The van der Waals surface area contributed by atoms with Crippen molar-refractivity contribution in [3.05, 3.63) is 193 Å². The van der Waals surface area contributed by atoms with Crippen LogP contribution in [0.5, 0.6) is 23.0 Å². The number of benzene rings is 6. The van der Waals surface area contributed by atoms with Gasteiger partial charge < -0.3 is 9.47 Å². The van der Waals surface area contributed by atoms with Crippen molar-refractivity contribution in [2.45, 2.75) is 40.5 Å². The normalized spacial score (nSPS) is 11.6. The highest BCUT2D eigenvalue weighted by Crippen LogP contribution is 2.39. The molecule has 11 aromatic rings. The van der Waals surface area contributed by atoms with E-state index in [1.807, 2.05) is 61.2 Å². The summed E-state index contributed by atoms with van der Waals surface area (Å²) in [4.78, 5) is 19.5. The molecule has 0 aliphatic rings. The van der Waals surface area contributed by atoms with Gasteiger partial charge >= 0.3 is 0 Å². The van der Waals surface area contributed by atoms with Gasteiger partial charge in [0, 0.05) is 57.2 Å². The quantitative estimate of drug-likeness (QED) is 0.137. The number of hydrogen-bond acceptors (Lipinski definition) is 6. The molecule has 0 radical (unpaired) electrons. The maximum atomic E-state index is 6.62. The molecule has 5 aromatic heterocycles. The average molecular weight is 833 g/mol. The highest BCUT2D eigenvalue weighted by atomic mass is 16.5. The van der Waals surface area contributed by atoms with Gasteiger partial charge in [-0.2, -0.15) is 0 Å². The van der Waals surface area contributed by atoms with Crippen LogP contribution in [0.15, 0.2) is 170 Å². The van der Waals surface area contributed by atoms with E-state index in [9.17, 15) is 0 Å². The summed E-state index contributed by atoms with van der Waals surface area (Å²) in [7, 11) is 0. The van der Waals surface area contributed by atoms with Crippen LogP contribution in [0, 0.1) is 13.8 Å². The highest BCUT2D eigenvalue weighted by Gasteiger charge is 2.18. The molecule has 6 aromatic carbocycles. The van der Waals surface area contributed by atoms with Gasteiger partial charge in [-0.1, -0.05) is 62.4 Å². The van der Waals surface area contributed by atoms with Crippen LogP contribution in [-0.2, 0) is 12.8 Å². The van der Waals surface area contributed by atoms with E-state index < -0.39 is 0 Å². The Labute approximate surface area is 371 Å². The second-order valence-electron chi connectivity index (χ2n) is 16.3. The molecule has 8 heteroatoms. The van der Waals surface area contributed by atoms with E-state index in [4.69, 9.17) is 29.4 Å². The van der Waals surface area contributed by atoms with Gasteiger partial charge in [-0.3, -0.25) is 19.1 Å². The Morgan fingerprint density at radius 3 is 1.23 bits per heavy atom. The molecule has 0 aliphatic heterocycles. The monoisotopic (exact) mass is 832 g/mol. The Balaban J connectivity index is 0.895. The van der Waals surface area contributed by atoms with Gasteiger partial charge in [0.05, 0.1) is 45.8 Å². The second kappa shape index (κ2) is 16.0. The SMILES string of the molecule is CCc1ccc(Oc2ccc3c4ccccc4n(-c4cc(C)ccn4)c3c2)cc1-c1cnc(-c2cc(Oc3ccc4c5ccccc5n(-c5cc(C)ccn5)c4c3)ccc2CC)cn1. The largest absolute Gasteiger partial charge is 0.457 e. The Hall–Kier alpha value is -8.10. The third-order valence-electron chi connectivity index (χ3n) is 12.2. The van der Waals surface area contributed by atoms with Crippen LogP contribution in [0.1, 0.15) is 36.1 Å². The zero-order valence-electron chi connectivity index (χ0n) is 36.1. The van der Waals surface area contributed by atoms with E-state index in [0.717, 1.165) is 125 Å². The minimum atomic E-state index is 0.723. The van der Waals surface area contributed by atoms with Gasteiger partial charge in [0.15, 0.2) is 0 Å².